The van der Waals surface area contributed by atoms with E-state index in [9.17, 15) is 12.8 Å². The monoisotopic (exact) mass is 300 g/mol. The summed E-state index contributed by atoms with van der Waals surface area (Å²) in [6, 6.07) is 3.44. The predicted octanol–water partition coefficient (Wildman–Crippen LogP) is 2.51. The average molecular weight is 300 g/mol. The lowest BCUT2D eigenvalue weighted by Crippen LogP contribution is -2.42. The SMILES string of the molecule is CC1CCC(NS(=O)(=O)c2cc(N)ccc2F)C(C)C1. The summed E-state index contributed by atoms with van der Waals surface area (Å²) in [6.45, 7) is 4.19. The number of hydrogen-bond donors (Lipinski definition) is 2. The summed E-state index contributed by atoms with van der Waals surface area (Å²) in [5.74, 6) is 0.0797. The van der Waals surface area contributed by atoms with Crippen molar-refractivity contribution in [1.29, 1.82) is 0 Å². The van der Waals surface area contributed by atoms with Gasteiger partial charge in [0.25, 0.3) is 0 Å². The molecule has 1 saturated carbocycles. The normalized spacial score (nSPS) is 27.4. The Morgan fingerprint density at radius 2 is 2.00 bits per heavy atom. The molecule has 0 heterocycles. The molecule has 4 nitrogen and oxygen atoms in total. The van der Waals surface area contributed by atoms with Crippen molar-refractivity contribution in [1.82, 2.24) is 4.72 Å². The second-order valence-corrected chi connectivity index (χ2v) is 7.50. The smallest absolute Gasteiger partial charge is 0.243 e. The van der Waals surface area contributed by atoms with E-state index in [0.29, 0.717) is 5.92 Å². The number of benzene rings is 1. The van der Waals surface area contributed by atoms with Crippen molar-refractivity contribution < 1.29 is 12.8 Å². The van der Waals surface area contributed by atoms with Gasteiger partial charge in [-0.15, -0.1) is 0 Å². The van der Waals surface area contributed by atoms with Crippen molar-refractivity contribution in [3.63, 3.8) is 0 Å². The molecule has 6 heteroatoms. The highest BCUT2D eigenvalue weighted by molar-refractivity contribution is 7.89. The number of hydrogen-bond acceptors (Lipinski definition) is 3. The third kappa shape index (κ3) is 3.30. The molecule has 1 aliphatic rings. The zero-order valence-corrected chi connectivity index (χ0v) is 12.6. The molecule has 3 N–H and O–H groups in total. The molecule has 0 aliphatic heterocycles. The molecule has 0 spiro atoms. The van der Waals surface area contributed by atoms with Crippen molar-refractivity contribution in [2.75, 3.05) is 5.73 Å². The number of anilines is 1. The van der Waals surface area contributed by atoms with E-state index in [1.807, 2.05) is 6.92 Å². The van der Waals surface area contributed by atoms with E-state index in [1.54, 1.807) is 0 Å². The molecular weight excluding hydrogens is 279 g/mol. The molecule has 0 aromatic heterocycles. The molecule has 0 bridgehead atoms. The van der Waals surface area contributed by atoms with Gasteiger partial charge in [0.15, 0.2) is 0 Å². The van der Waals surface area contributed by atoms with Crippen LogP contribution in [0.5, 0.6) is 0 Å². The Morgan fingerprint density at radius 1 is 1.30 bits per heavy atom. The summed E-state index contributed by atoms with van der Waals surface area (Å²) in [5, 5.41) is 0. The summed E-state index contributed by atoms with van der Waals surface area (Å²) in [6.07, 6.45) is 2.75. The molecular formula is C14H21FN2O2S. The molecule has 1 aliphatic carbocycles. The first kappa shape index (κ1) is 15.3. The van der Waals surface area contributed by atoms with Crippen LogP contribution in [-0.4, -0.2) is 14.5 Å². The molecule has 1 fully saturated rings. The zero-order valence-electron chi connectivity index (χ0n) is 11.8. The number of nitrogen functional groups attached to an aromatic ring is 1. The van der Waals surface area contributed by atoms with Crippen LogP contribution in [0, 0.1) is 17.7 Å². The Morgan fingerprint density at radius 3 is 2.65 bits per heavy atom. The van der Waals surface area contributed by atoms with Gasteiger partial charge in [-0.3, -0.25) is 0 Å². The van der Waals surface area contributed by atoms with Gasteiger partial charge < -0.3 is 5.73 Å². The Kier molecular flexibility index (Phi) is 4.34. The number of nitrogens with one attached hydrogen (secondary N) is 1. The first-order valence-electron chi connectivity index (χ1n) is 6.87. The third-order valence-electron chi connectivity index (χ3n) is 3.98. The second kappa shape index (κ2) is 5.69. The number of sulfonamides is 1. The van der Waals surface area contributed by atoms with Gasteiger partial charge in [0.05, 0.1) is 0 Å². The lowest BCUT2D eigenvalue weighted by atomic mass is 9.80. The fourth-order valence-corrected chi connectivity index (χ4v) is 4.32. The minimum Gasteiger partial charge on any atom is -0.399 e. The van der Waals surface area contributed by atoms with Crippen molar-refractivity contribution in [2.24, 2.45) is 11.8 Å². The van der Waals surface area contributed by atoms with Gasteiger partial charge >= 0.3 is 0 Å². The van der Waals surface area contributed by atoms with Crippen LogP contribution in [0.4, 0.5) is 10.1 Å². The number of rotatable bonds is 3. The van der Waals surface area contributed by atoms with Gasteiger partial charge in [-0.1, -0.05) is 13.8 Å². The molecule has 20 heavy (non-hydrogen) atoms. The highest BCUT2D eigenvalue weighted by atomic mass is 32.2. The van der Waals surface area contributed by atoms with Gasteiger partial charge in [0.1, 0.15) is 10.7 Å². The first-order valence-corrected chi connectivity index (χ1v) is 8.35. The Hall–Kier alpha value is -1.14. The van der Waals surface area contributed by atoms with Gasteiger partial charge in [-0.05, 0) is 49.3 Å². The quantitative estimate of drug-likeness (QED) is 0.843. The summed E-state index contributed by atoms with van der Waals surface area (Å²) in [5.41, 5.74) is 5.78. The van der Waals surface area contributed by atoms with Crippen LogP contribution in [0.15, 0.2) is 23.1 Å². The van der Waals surface area contributed by atoms with E-state index >= 15 is 0 Å². The zero-order chi connectivity index (χ0) is 14.9. The van der Waals surface area contributed by atoms with Crippen LogP contribution in [-0.2, 0) is 10.0 Å². The van der Waals surface area contributed by atoms with E-state index in [0.717, 1.165) is 31.4 Å². The van der Waals surface area contributed by atoms with E-state index in [1.165, 1.54) is 6.07 Å². The van der Waals surface area contributed by atoms with Crippen LogP contribution < -0.4 is 10.5 Å². The fraction of sp³-hybridized carbons (Fsp3) is 0.571. The maximum absolute atomic E-state index is 13.7. The largest absolute Gasteiger partial charge is 0.399 e. The van der Waals surface area contributed by atoms with Crippen molar-refractivity contribution >= 4 is 15.7 Å². The lowest BCUT2D eigenvalue weighted by molar-refractivity contribution is 0.249. The standard InChI is InChI=1S/C14H21FN2O2S/c1-9-3-6-13(10(2)7-9)17-20(18,19)14-8-11(16)4-5-12(14)15/h4-5,8-10,13,17H,3,6-7,16H2,1-2H3. The van der Waals surface area contributed by atoms with E-state index in [2.05, 4.69) is 11.6 Å². The van der Waals surface area contributed by atoms with Crippen LogP contribution in [0.25, 0.3) is 0 Å². The average Bonchev–Trinajstić information content (AvgIpc) is 2.35. The van der Waals surface area contributed by atoms with Gasteiger partial charge in [-0.25, -0.2) is 17.5 Å². The minimum atomic E-state index is -3.87. The Labute approximate surface area is 119 Å². The topological polar surface area (TPSA) is 72.2 Å². The molecule has 0 radical (unpaired) electrons. The molecule has 0 saturated heterocycles. The van der Waals surface area contributed by atoms with Crippen LogP contribution >= 0.6 is 0 Å². The fourth-order valence-electron chi connectivity index (χ4n) is 2.83. The molecule has 1 aromatic carbocycles. The third-order valence-corrected chi connectivity index (χ3v) is 5.49. The summed E-state index contributed by atoms with van der Waals surface area (Å²) in [7, 11) is -3.87. The summed E-state index contributed by atoms with van der Waals surface area (Å²) < 4.78 is 40.9. The van der Waals surface area contributed by atoms with Gasteiger partial charge in [0.2, 0.25) is 10.0 Å². The van der Waals surface area contributed by atoms with Crippen LogP contribution in [0.3, 0.4) is 0 Å². The highest BCUT2D eigenvalue weighted by Gasteiger charge is 2.30. The van der Waals surface area contributed by atoms with Gasteiger partial charge in [0, 0.05) is 11.7 Å². The molecule has 3 unspecified atom stereocenters. The molecule has 3 atom stereocenters. The lowest BCUT2D eigenvalue weighted by Gasteiger charge is -2.32. The maximum Gasteiger partial charge on any atom is 0.243 e. The predicted molar refractivity (Wildman–Crippen MR) is 77.1 cm³/mol. The molecule has 0 amide bonds. The van der Waals surface area contributed by atoms with E-state index in [4.69, 9.17) is 5.73 Å². The van der Waals surface area contributed by atoms with E-state index in [-0.39, 0.29) is 22.5 Å². The number of nitrogens with two attached hydrogens (primary N) is 1. The van der Waals surface area contributed by atoms with Crippen molar-refractivity contribution in [3.8, 4) is 0 Å². The summed E-state index contributed by atoms with van der Waals surface area (Å²) in [4.78, 5) is -0.372. The molecule has 1 aromatic rings. The molecule has 2 rings (SSSR count). The Bertz CT molecular complexity index is 589. The number of halogens is 1. The van der Waals surface area contributed by atoms with E-state index < -0.39 is 15.8 Å². The van der Waals surface area contributed by atoms with Crippen LogP contribution in [0.2, 0.25) is 0 Å². The second-order valence-electron chi connectivity index (χ2n) is 5.81. The van der Waals surface area contributed by atoms with Gasteiger partial charge in [-0.2, -0.15) is 0 Å². The summed E-state index contributed by atoms with van der Waals surface area (Å²) >= 11 is 0. The first-order chi connectivity index (χ1) is 9.29. The van der Waals surface area contributed by atoms with Crippen LogP contribution in [0.1, 0.15) is 33.1 Å². The minimum absolute atomic E-state index is 0.142. The Balaban J connectivity index is 2.21. The maximum atomic E-state index is 13.7. The van der Waals surface area contributed by atoms with Crippen molar-refractivity contribution in [2.45, 2.75) is 44.0 Å². The molecule has 112 valence electrons. The highest BCUT2D eigenvalue weighted by Crippen LogP contribution is 2.30. The van der Waals surface area contributed by atoms with Crippen molar-refractivity contribution in [3.05, 3.63) is 24.0 Å².